The third-order valence-corrected chi connectivity index (χ3v) is 14.3. The number of rotatable bonds is 13. The van der Waals surface area contributed by atoms with Gasteiger partial charge < -0.3 is 24.5 Å². The Bertz CT molecular complexity index is 2680. The first kappa shape index (κ1) is 47.4. The molecular formula is C55H57ClF3NO6. The largest absolute Gasteiger partial charge is 0.453 e. The highest BCUT2D eigenvalue weighted by molar-refractivity contribution is 6.33. The normalized spacial score (nSPS) is 22.0. The summed E-state index contributed by atoms with van der Waals surface area (Å²) in [6, 6.07) is 35.7. The molecule has 3 N–H and O–H groups in total. The van der Waals surface area contributed by atoms with E-state index in [1.54, 1.807) is 6.07 Å². The molecule has 0 amide bonds. The summed E-state index contributed by atoms with van der Waals surface area (Å²) in [6.45, 7) is 5.56. The van der Waals surface area contributed by atoms with Gasteiger partial charge in [-0.1, -0.05) is 115 Å². The van der Waals surface area contributed by atoms with Crippen molar-refractivity contribution in [3.05, 3.63) is 177 Å². The molecule has 7 nitrogen and oxygen atoms in total. The van der Waals surface area contributed by atoms with Gasteiger partial charge in [0.1, 0.15) is 5.76 Å². The van der Waals surface area contributed by atoms with Crippen molar-refractivity contribution in [2.24, 2.45) is 5.41 Å². The van der Waals surface area contributed by atoms with Crippen molar-refractivity contribution in [3.8, 4) is 11.3 Å². The Hall–Kier alpha value is -5.07. The molecule has 3 aliphatic carbocycles. The fourth-order valence-electron chi connectivity index (χ4n) is 10.3. The minimum absolute atomic E-state index is 0.00908. The maximum atomic E-state index is 14.8. The molecule has 1 saturated carbocycles. The molecule has 0 radical (unpaired) electrons. The molecule has 0 spiro atoms. The first-order valence-electron chi connectivity index (χ1n) is 22.8. The van der Waals surface area contributed by atoms with Crippen LogP contribution in [0.4, 0.5) is 13.2 Å². The van der Waals surface area contributed by atoms with Gasteiger partial charge in [0.25, 0.3) is 0 Å². The summed E-state index contributed by atoms with van der Waals surface area (Å²) in [7, 11) is 0. The van der Waals surface area contributed by atoms with Crippen LogP contribution in [0.2, 0.25) is 5.02 Å². The van der Waals surface area contributed by atoms with Crippen molar-refractivity contribution in [2.45, 2.75) is 102 Å². The highest BCUT2D eigenvalue weighted by Gasteiger charge is 2.57. The number of halogens is 4. The summed E-state index contributed by atoms with van der Waals surface area (Å²) in [5.74, 6) is -0.835. The van der Waals surface area contributed by atoms with Crippen molar-refractivity contribution >= 4 is 28.2 Å². The van der Waals surface area contributed by atoms with E-state index in [1.807, 2.05) is 60.7 Å². The predicted octanol–water partition coefficient (Wildman–Crippen LogP) is 12.1. The number of nitrogens with zero attached hydrogens (tertiary/aromatic N) is 1. The van der Waals surface area contributed by atoms with Crippen LogP contribution in [0.5, 0.6) is 0 Å². The minimum Gasteiger partial charge on any atom is -0.453 e. The first-order chi connectivity index (χ1) is 31.6. The van der Waals surface area contributed by atoms with Crippen LogP contribution < -0.4 is 0 Å². The van der Waals surface area contributed by atoms with Crippen molar-refractivity contribution in [2.75, 3.05) is 19.7 Å². The van der Waals surface area contributed by atoms with Gasteiger partial charge in [0.2, 0.25) is 5.78 Å². The summed E-state index contributed by atoms with van der Waals surface area (Å²) in [4.78, 5) is 17.0. The standard InChI is InChI=1S/C55H57ClF3NO6/c1-36-10-9-26-53(2)48(25-27-54(53,64)35-60(31-40-15-8-14-39-13-6-7-16-44(39)40)32-43(62)34-65-33-37-11-4-3-5-12-37)45-21-18-38(28-42(61)20-17-36)29-46(45)52(63)51-24-23-50(66-51)47-30-41(55(57,58)59)19-22-49(47)56/h3-8,10-16,18-19,21-24,29-30,42-43,48,61-62,64H,9,17,20,25-28,31-35H2,1-2H3. The molecule has 346 valence electrons. The molecule has 11 heteroatoms. The van der Waals surface area contributed by atoms with Crippen LogP contribution in [0.3, 0.4) is 0 Å². The molecule has 9 rings (SSSR count). The molecule has 5 atom stereocenters. The molecule has 2 bridgehead atoms. The number of fused-ring (bicyclic) bond motifs is 9. The lowest BCUT2D eigenvalue weighted by Gasteiger charge is -2.46. The van der Waals surface area contributed by atoms with Gasteiger partial charge >= 0.3 is 6.18 Å². The van der Waals surface area contributed by atoms with Crippen LogP contribution in [0.15, 0.2) is 137 Å². The van der Waals surface area contributed by atoms with Gasteiger partial charge in [-0.05, 0) is 127 Å². The maximum Gasteiger partial charge on any atom is 0.416 e. The molecule has 1 heterocycles. The second-order valence-corrected chi connectivity index (χ2v) is 19.0. The van der Waals surface area contributed by atoms with E-state index >= 15 is 0 Å². The molecule has 1 fully saturated rings. The summed E-state index contributed by atoms with van der Waals surface area (Å²) in [6.07, 6.45) is -0.226. The number of hydrogen-bond acceptors (Lipinski definition) is 7. The Morgan fingerprint density at radius 2 is 1.71 bits per heavy atom. The van der Waals surface area contributed by atoms with Gasteiger partial charge in [0.15, 0.2) is 5.76 Å². The summed E-state index contributed by atoms with van der Waals surface area (Å²) >= 11 is 6.39. The Balaban J connectivity index is 1.15. The average molecular weight is 921 g/mol. The smallest absolute Gasteiger partial charge is 0.416 e. The number of aliphatic hydroxyl groups is 3. The van der Waals surface area contributed by atoms with Gasteiger partial charge in [-0.2, -0.15) is 13.2 Å². The first-order valence-corrected chi connectivity index (χ1v) is 23.2. The SMILES string of the molecule is CC1=CCCC2(C)C(CCC2(O)CN(Cc2cccc3ccccc23)CC(O)COCc2ccccc2)c2ccc(cc2C(=O)c2ccc(-c3cc(C(F)(F)F)ccc3Cl)o2)CC(O)CC1. The lowest BCUT2D eigenvalue weighted by molar-refractivity contribution is -0.137. The number of carbonyl (C=O) groups excluding carboxylic acids is 1. The van der Waals surface area contributed by atoms with Gasteiger partial charge in [-0.25, -0.2) is 0 Å². The van der Waals surface area contributed by atoms with E-state index < -0.39 is 40.7 Å². The molecule has 6 aromatic rings. The lowest BCUT2D eigenvalue weighted by Crippen LogP contribution is -2.53. The topological polar surface area (TPSA) is 103 Å². The molecule has 3 aliphatic rings. The molecule has 66 heavy (non-hydrogen) atoms. The highest BCUT2D eigenvalue weighted by atomic mass is 35.5. The molecule has 5 aromatic carbocycles. The third kappa shape index (κ3) is 10.5. The summed E-state index contributed by atoms with van der Waals surface area (Å²) in [5.41, 5.74) is 2.07. The Kier molecular flexibility index (Phi) is 14.4. The monoisotopic (exact) mass is 919 g/mol. The fourth-order valence-corrected chi connectivity index (χ4v) is 10.5. The number of hydrogen-bond donors (Lipinski definition) is 3. The number of furan rings is 1. The van der Waals surface area contributed by atoms with Crippen molar-refractivity contribution < 1.29 is 42.4 Å². The second-order valence-electron chi connectivity index (χ2n) is 18.6. The Morgan fingerprint density at radius 1 is 0.939 bits per heavy atom. The summed E-state index contributed by atoms with van der Waals surface area (Å²) < 4.78 is 53.2. The zero-order valence-electron chi connectivity index (χ0n) is 37.4. The molecule has 1 aromatic heterocycles. The number of carbonyl (C=O) groups is 1. The van der Waals surface area contributed by atoms with E-state index in [0.29, 0.717) is 63.7 Å². The number of allylic oxidation sites excluding steroid dienone is 2. The zero-order chi connectivity index (χ0) is 46.6. The predicted molar refractivity (Wildman–Crippen MR) is 252 cm³/mol. The van der Waals surface area contributed by atoms with E-state index in [2.05, 4.69) is 49.1 Å². The molecule has 0 saturated heterocycles. The van der Waals surface area contributed by atoms with Crippen molar-refractivity contribution in [3.63, 3.8) is 0 Å². The van der Waals surface area contributed by atoms with Crippen molar-refractivity contribution in [1.29, 1.82) is 0 Å². The lowest BCUT2D eigenvalue weighted by atomic mass is 9.64. The summed E-state index contributed by atoms with van der Waals surface area (Å²) in [5, 5.41) is 38.3. The van der Waals surface area contributed by atoms with Gasteiger partial charge in [0.05, 0.1) is 41.6 Å². The van der Waals surface area contributed by atoms with Gasteiger partial charge in [-0.3, -0.25) is 9.69 Å². The average Bonchev–Trinajstić information content (AvgIpc) is 3.88. The molecule has 0 aliphatic heterocycles. The quantitative estimate of drug-likeness (QED) is 0.0783. The number of alkyl halides is 3. The van der Waals surface area contributed by atoms with Crippen LogP contribution in [-0.2, 0) is 30.5 Å². The highest BCUT2D eigenvalue weighted by Crippen LogP contribution is 2.59. The minimum atomic E-state index is -4.61. The van der Waals surface area contributed by atoms with Gasteiger partial charge in [0, 0.05) is 36.2 Å². The fraction of sp³-hybridized carbons (Fsp3) is 0.364. The van der Waals surface area contributed by atoms with Crippen LogP contribution in [0.1, 0.15) is 102 Å². The van der Waals surface area contributed by atoms with Crippen LogP contribution in [0.25, 0.3) is 22.1 Å². The number of benzene rings is 5. The van der Waals surface area contributed by atoms with Crippen molar-refractivity contribution in [1.82, 2.24) is 4.90 Å². The maximum absolute atomic E-state index is 14.8. The van der Waals surface area contributed by atoms with Gasteiger partial charge in [-0.15, -0.1) is 0 Å². The zero-order valence-corrected chi connectivity index (χ0v) is 38.1. The Morgan fingerprint density at radius 3 is 2.52 bits per heavy atom. The second kappa shape index (κ2) is 20.0. The van der Waals surface area contributed by atoms with Crippen LogP contribution in [0, 0.1) is 5.41 Å². The van der Waals surface area contributed by atoms with E-state index in [-0.39, 0.29) is 47.7 Å². The molecule has 5 unspecified atom stereocenters. The number of aliphatic hydroxyl groups excluding tert-OH is 2. The number of ketones is 1. The Labute approximate surface area is 389 Å². The van der Waals surface area contributed by atoms with Crippen LogP contribution in [-0.4, -0.2) is 63.5 Å². The van der Waals surface area contributed by atoms with E-state index in [1.165, 1.54) is 12.1 Å². The number of ether oxygens (including phenoxy) is 1. The van der Waals surface area contributed by atoms with E-state index in [9.17, 15) is 33.3 Å². The van der Waals surface area contributed by atoms with E-state index in [0.717, 1.165) is 56.8 Å². The van der Waals surface area contributed by atoms with Crippen LogP contribution >= 0.6 is 11.6 Å². The molecular weight excluding hydrogens is 863 g/mol. The third-order valence-electron chi connectivity index (χ3n) is 14.0. The van der Waals surface area contributed by atoms with E-state index in [4.69, 9.17) is 20.8 Å².